The van der Waals surface area contributed by atoms with Crippen molar-refractivity contribution >= 4 is 11.8 Å². The topological polar surface area (TPSA) is 114 Å². The summed E-state index contributed by atoms with van der Waals surface area (Å²) in [6, 6.07) is 5.94. The quantitative estimate of drug-likeness (QED) is 0.680. The van der Waals surface area contributed by atoms with Crippen molar-refractivity contribution in [2.75, 3.05) is 41.7 Å². The molecule has 0 fully saturated rings. The average Bonchev–Trinajstić information content (AvgIpc) is 2.80. The van der Waals surface area contributed by atoms with Crippen molar-refractivity contribution < 1.29 is 38.0 Å². The Morgan fingerprint density at radius 1 is 0.733 bits per heavy atom. The van der Waals surface area contributed by atoms with Crippen molar-refractivity contribution in [3.63, 3.8) is 0 Å². The van der Waals surface area contributed by atoms with E-state index in [0.717, 1.165) is 0 Å². The monoisotopic (exact) mass is 418 g/mol. The molecule has 0 atom stereocenters. The second-order valence-corrected chi connectivity index (χ2v) is 6.02. The van der Waals surface area contributed by atoms with E-state index in [1.54, 1.807) is 0 Å². The van der Waals surface area contributed by atoms with Gasteiger partial charge in [-0.3, -0.25) is 20.4 Å². The molecule has 0 spiro atoms. The molecule has 1 heterocycles. The number of hydrogen-bond donors (Lipinski definition) is 2. The molecule has 0 saturated heterocycles. The first-order valence-corrected chi connectivity index (χ1v) is 8.90. The van der Waals surface area contributed by atoms with Crippen LogP contribution < -0.4 is 39.3 Å². The van der Waals surface area contributed by atoms with Crippen LogP contribution >= 0.6 is 0 Å². The zero-order chi connectivity index (χ0) is 21.7. The van der Waals surface area contributed by atoms with Crippen LogP contribution in [0.25, 0.3) is 0 Å². The molecule has 0 aromatic heterocycles. The molecule has 2 amide bonds. The maximum absolute atomic E-state index is 12.5. The highest BCUT2D eigenvalue weighted by Crippen LogP contribution is 2.40. The summed E-state index contributed by atoms with van der Waals surface area (Å²) in [5.74, 6) is 1.01. The third-order valence-corrected chi connectivity index (χ3v) is 4.31. The predicted molar refractivity (Wildman–Crippen MR) is 105 cm³/mol. The van der Waals surface area contributed by atoms with E-state index in [1.165, 1.54) is 52.7 Å². The summed E-state index contributed by atoms with van der Waals surface area (Å²) < 4.78 is 32.0. The Kier molecular flexibility index (Phi) is 6.35. The van der Waals surface area contributed by atoms with E-state index in [2.05, 4.69) is 10.9 Å². The van der Waals surface area contributed by atoms with Crippen LogP contribution in [0.3, 0.4) is 0 Å². The minimum atomic E-state index is -0.577. The Morgan fingerprint density at radius 2 is 1.23 bits per heavy atom. The van der Waals surface area contributed by atoms with Crippen molar-refractivity contribution in [2.24, 2.45) is 0 Å². The van der Waals surface area contributed by atoms with Gasteiger partial charge in [-0.15, -0.1) is 0 Å². The molecule has 0 radical (unpaired) electrons. The third kappa shape index (κ3) is 4.12. The normalized spacial score (nSPS) is 11.9. The van der Waals surface area contributed by atoms with Crippen molar-refractivity contribution in [3.8, 4) is 34.5 Å². The Labute approximate surface area is 172 Å². The zero-order valence-electron chi connectivity index (χ0n) is 17.0. The fourth-order valence-corrected chi connectivity index (χ4v) is 2.87. The van der Waals surface area contributed by atoms with Gasteiger partial charge in [-0.2, -0.15) is 0 Å². The second kappa shape index (κ2) is 9.12. The van der Waals surface area contributed by atoms with Gasteiger partial charge in [0.1, 0.15) is 13.2 Å². The van der Waals surface area contributed by atoms with Crippen LogP contribution in [0.5, 0.6) is 34.5 Å². The largest absolute Gasteiger partial charge is 0.493 e. The molecule has 1 aliphatic rings. The van der Waals surface area contributed by atoms with Gasteiger partial charge in [0, 0.05) is 11.1 Å². The number of fused-ring (bicyclic) bond motifs is 1. The number of methoxy groups -OCH3 is 4. The molecule has 10 nitrogen and oxygen atoms in total. The maximum atomic E-state index is 12.5. The SMILES string of the molecule is COc1cc(C(=O)NNC(=O)c2cc(OC)c3c(c2)OCCO3)cc(OC)c1OC. The van der Waals surface area contributed by atoms with E-state index in [9.17, 15) is 9.59 Å². The second-order valence-electron chi connectivity index (χ2n) is 6.02. The maximum Gasteiger partial charge on any atom is 0.269 e. The van der Waals surface area contributed by atoms with Crippen LogP contribution in [0.2, 0.25) is 0 Å². The van der Waals surface area contributed by atoms with Crippen molar-refractivity contribution in [2.45, 2.75) is 0 Å². The number of hydrogen-bond acceptors (Lipinski definition) is 8. The first kappa shape index (κ1) is 20.9. The summed E-state index contributed by atoms with van der Waals surface area (Å²) >= 11 is 0. The van der Waals surface area contributed by atoms with E-state index in [-0.39, 0.29) is 11.1 Å². The van der Waals surface area contributed by atoms with Crippen LogP contribution in [-0.4, -0.2) is 53.5 Å². The highest BCUT2D eigenvalue weighted by molar-refractivity contribution is 6.00. The van der Waals surface area contributed by atoms with Gasteiger partial charge in [0.15, 0.2) is 23.0 Å². The molecular weight excluding hydrogens is 396 g/mol. The summed E-state index contributed by atoms with van der Waals surface area (Å²) in [5, 5.41) is 0. The Balaban J connectivity index is 1.76. The molecular formula is C20H22N2O8. The van der Waals surface area contributed by atoms with Crippen LogP contribution in [-0.2, 0) is 0 Å². The zero-order valence-corrected chi connectivity index (χ0v) is 17.0. The number of rotatable bonds is 6. The summed E-state index contributed by atoms with van der Waals surface area (Å²) in [5.41, 5.74) is 5.13. The highest BCUT2D eigenvalue weighted by atomic mass is 16.6. The lowest BCUT2D eigenvalue weighted by atomic mass is 10.1. The molecule has 0 saturated carbocycles. The van der Waals surface area contributed by atoms with Gasteiger partial charge in [0.2, 0.25) is 11.5 Å². The fourth-order valence-electron chi connectivity index (χ4n) is 2.87. The molecule has 1 aliphatic heterocycles. The van der Waals surface area contributed by atoms with Crippen molar-refractivity contribution in [1.82, 2.24) is 10.9 Å². The van der Waals surface area contributed by atoms with Gasteiger partial charge in [-0.05, 0) is 24.3 Å². The number of ether oxygens (including phenoxy) is 6. The Bertz CT molecular complexity index is 855. The van der Waals surface area contributed by atoms with Crippen LogP contribution in [0.4, 0.5) is 0 Å². The van der Waals surface area contributed by atoms with Crippen molar-refractivity contribution in [1.29, 1.82) is 0 Å². The third-order valence-electron chi connectivity index (χ3n) is 4.31. The number of amides is 2. The average molecular weight is 418 g/mol. The molecule has 0 bridgehead atoms. The predicted octanol–water partition coefficient (Wildman–Crippen LogP) is 1.57. The fraction of sp³-hybridized carbons (Fsp3) is 0.300. The van der Waals surface area contributed by atoms with Gasteiger partial charge in [-0.25, -0.2) is 0 Å². The van der Waals surface area contributed by atoms with Crippen LogP contribution in [0, 0.1) is 0 Å². The Morgan fingerprint density at radius 3 is 1.77 bits per heavy atom. The summed E-state index contributed by atoms with van der Waals surface area (Å²) in [6.07, 6.45) is 0. The van der Waals surface area contributed by atoms with Gasteiger partial charge in [0.25, 0.3) is 11.8 Å². The number of carbonyl (C=O) groups excluding carboxylic acids is 2. The minimum Gasteiger partial charge on any atom is -0.493 e. The molecule has 2 N–H and O–H groups in total. The minimum absolute atomic E-state index is 0.199. The lowest BCUT2D eigenvalue weighted by Gasteiger charge is -2.21. The number of hydrazine groups is 1. The standard InChI is InChI=1S/C20H22N2O8/c1-25-13-7-11(8-14(26-2)17(13)28-4)19(23)21-22-20(24)12-9-15(27-3)18-16(10-12)29-5-6-30-18/h7-10H,5-6H2,1-4H3,(H,21,23)(H,22,24). The molecule has 2 aromatic rings. The molecule has 160 valence electrons. The van der Waals surface area contributed by atoms with Gasteiger partial charge in [0.05, 0.1) is 28.4 Å². The lowest BCUT2D eigenvalue weighted by molar-refractivity contribution is 0.0845. The van der Waals surface area contributed by atoms with E-state index in [4.69, 9.17) is 28.4 Å². The summed E-state index contributed by atoms with van der Waals surface area (Å²) in [7, 11) is 5.80. The summed E-state index contributed by atoms with van der Waals surface area (Å²) in [6.45, 7) is 0.749. The smallest absolute Gasteiger partial charge is 0.269 e. The Hall–Kier alpha value is -3.82. The van der Waals surface area contributed by atoms with E-state index in [1.807, 2.05) is 0 Å². The molecule has 0 unspecified atom stereocenters. The molecule has 2 aromatic carbocycles. The molecule has 3 rings (SSSR count). The van der Waals surface area contributed by atoms with Crippen LogP contribution in [0.1, 0.15) is 20.7 Å². The number of carbonyl (C=O) groups is 2. The molecule has 10 heteroatoms. The number of nitrogens with one attached hydrogen (secondary N) is 2. The first-order valence-electron chi connectivity index (χ1n) is 8.90. The van der Waals surface area contributed by atoms with E-state index in [0.29, 0.717) is 47.7 Å². The van der Waals surface area contributed by atoms with Crippen molar-refractivity contribution in [3.05, 3.63) is 35.4 Å². The van der Waals surface area contributed by atoms with E-state index >= 15 is 0 Å². The molecule has 30 heavy (non-hydrogen) atoms. The van der Waals surface area contributed by atoms with Gasteiger partial charge < -0.3 is 28.4 Å². The lowest BCUT2D eigenvalue weighted by Crippen LogP contribution is -2.41. The molecule has 0 aliphatic carbocycles. The highest BCUT2D eigenvalue weighted by Gasteiger charge is 2.22. The van der Waals surface area contributed by atoms with Gasteiger partial charge >= 0.3 is 0 Å². The van der Waals surface area contributed by atoms with Gasteiger partial charge in [-0.1, -0.05) is 0 Å². The van der Waals surface area contributed by atoms with E-state index < -0.39 is 11.8 Å². The summed E-state index contributed by atoms with van der Waals surface area (Å²) in [4.78, 5) is 25.1. The van der Waals surface area contributed by atoms with Crippen LogP contribution in [0.15, 0.2) is 24.3 Å². The first-order chi connectivity index (χ1) is 14.5. The number of benzene rings is 2.